The Kier molecular flexibility index (Phi) is 4.42. The van der Waals surface area contributed by atoms with Gasteiger partial charge in [-0.1, -0.05) is 0 Å². The van der Waals surface area contributed by atoms with E-state index in [1.807, 2.05) is 0 Å². The zero-order chi connectivity index (χ0) is 10.5. The predicted octanol–water partition coefficient (Wildman–Crippen LogP) is 1.10. The summed E-state index contributed by atoms with van der Waals surface area (Å²) in [6.45, 7) is 5.52. The number of likely N-dealkylation sites (N-methyl/N-ethyl adjacent to an activating group) is 1. The molecule has 3 heteroatoms. The number of nitrogens with one attached hydrogen (secondary N) is 1. The van der Waals surface area contributed by atoms with Crippen molar-refractivity contribution in [3.8, 4) is 0 Å². The van der Waals surface area contributed by atoms with Crippen LogP contribution in [0.4, 0.5) is 0 Å². The highest BCUT2D eigenvalue weighted by Crippen LogP contribution is 2.22. The van der Waals surface area contributed by atoms with Crippen LogP contribution in [0.5, 0.6) is 0 Å². The smallest absolute Gasteiger partial charge is 0.0468 e. The average molecular weight is 212 g/mol. The number of nitrogens with zero attached hydrogens (tertiary/aromatic N) is 1. The summed E-state index contributed by atoms with van der Waals surface area (Å²) in [5, 5.41) is 3.49. The summed E-state index contributed by atoms with van der Waals surface area (Å²) in [7, 11) is 2.26. The van der Waals surface area contributed by atoms with Crippen LogP contribution in [0.1, 0.15) is 25.7 Å². The number of hydrogen-bond donors (Lipinski definition) is 1. The molecular formula is C12H24N2O. The molecule has 0 aromatic heterocycles. The second kappa shape index (κ2) is 5.83. The van der Waals surface area contributed by atoms with Gasteiger partial charge >= 0.3 is 0 Å². The largest absolute Gasteiger partial charge is 0.381 e. The molecule has 0 aromatic carbocycles. The molecule has 88 valence electrons. The zero-order valence-electron chi connectivity index (χ0n) is 9.87. The third kappa shape index (κ3) is 3.44. The van der Waals surface area contributed by atoms with Gasteiger partial charge in [0, 0.05) is 38.9 Å². The van der Waals surface area contributed by atoms with Gasteiger partial charge in [-0.2, -0.15) is 0 Å². The molecule has 0 spiro atoms. The van der Waals surface area contributed by atoms with E-state index >= 15 is 0 Å². The lowest BCUT2D eigenvalue weighted by molar-refractivity contribution is 0.0595. The summed E-state index contributed by atoms with van der Waals surface area (Å²) in [5.74, 6) is 0.925. The van der Waals surface area contributed by atoms with Crippen LogP contribution in [0.25, 0.3) is 0 Å². The SMILES string of the molecule is CN1CCNCC1CCC1CCOCC1. The second-order valence-electron chi connectivity index (χ2n) is 4.97. The van der Waals surface area contributed by atoms with Crippen molar-refractivity contribution in [2.75, 3.05) is 39.9 Å². The lowest BCUT2D eigenvalue weighted by Gasteiger charge is -2.34. The van der Waals surface area contributed by atoms with E-state index in [9.17, 15) is 0 Å². The summed E-state index contributed by atoms with van der Waals surface area (Å²) in [5.41, 5.74) is 0. The highest BCUT2D eigenvalue weighted by atomic mass is 16.5. The van der Waals surface area contributed by atoms with Crippen molar-refractivity contribution < 1.29 is 4.74 Å². The Morgan fingerprint density at radius 1 is 1.27 bits per heavy atom. The van der Waals surface area contributed by atoms with Crippen LogP contribution in [0.3, 0.4) is 0 Å². The van der Waals surface area contributed by atoms with Crippen molar-refractivity contribution in [1.29, 1.82) is 0 Å². The van der Waals surface area contributed by atoms with Gasteiger partial charge in [0.1, 0.15) is 0 Å². The monoisotopic (exact) mass is 212 g/mol. The molecule has 2 heterocycles. The molecule has 2 aliphatic heterocycles. The zero-order valence-corrected chi connectivity index (χ0v) is 9.87. The Hall–Kier alpha value is -0.120. The molecule has 2 aliphatic rings. The normalized spacial score (nSPS) is 30.6. The molecular weight excluding hydrogens is 188 g/mol. The first-order valence-corrected chi connectivity index (χ1v) is 6.35. The topological polar surface area (TPSA) is 24.5 Å². The van der Waals surface area contributed by atoms with E-state index in [0.717, 1.165) is 31.7 Å². The van der Waals surface area contributed by atoms with Crippen LogP contribution in [0, 0.1) is 5.92 Å². The summed E-state index contributed by atoms with van der Waals surface area (Å²) in [6, 6.07) is 0.765. The number of hydrogen-bond acceptors (Lipinski definition) is 3. The molecule has 0 aliphatic carbocycles. The maximum Gasteiger partial charge on any atom is 0.0468 e. The first kappa shape index (κ1) is 11.4. The Bertz CT molecular complexity index is 180. The molecule has 0 amide bonds. The molecule has 0 bridgehead atoms. The van der Waals surface area contributed by atoms with Crippen molar-refractivity contribution in [1.82, 2.24) is 10.2 Å². The standard InChI is InChI=1S/C12H24N2O/c1-14-7-6-13-10-12(14)3-2-11-4-8-15-9-5-11/h11-13H,2-10H2,1H3. The van der Waals surface area contributed by atoms with Gasteiger partial charge in [0.15, 0.2) is 0 Å². The van der Waals surface area contributed by atoms with E-state index in [-0.39, 0.29) is 0 Å². The van der Waals surface area contributed by atoms with Crippen LogP contribution in [0.15, 0.2) is 0 Å². The maximum absolute atomic E-state index is 5.39. The minimum absolute atomic E-state index is 0.765. The summed E-state index contributed by atoms with van der Waals surface area (Å²) in [4.78, 5) is 2.51. The van der Waals surface area contributed by atoms with Crippen LogP contribution >= 0.6 is 0 Å². The quantitative estimate of drug-likeness (QED) is 0.758. The highest BCUT2D eigenvalue weighted by Gasteiger charge is 2.21. The van der Waals surface area contributed by atoms with Gasteiger partial charge in [-0.15, -0.1) is 0 Å². The molecule has 0 saturated carbocycles. The van der Waals surface area contributed by atoms with Gasteiger partial charge in [0.2, 0.25) is 0 Å². The lowest BCUT2D eigenvalue weighted by atomic mass is 9.92. The first-order valence-electron chi connectivity index (χ1n) is 6.35. The van der Waals surface area contributed by atoms with Crippen LogP contribution in [-0.2, 0) is 4.74 Å². The number of rotatable bonds is 3. The predicted molar refractivity (Wildman–Crippen MR) is 62.1 cm³/mol. The molecule has 2 rings (SSSR count). The van der Waals surface area contributed by atoms with Crippen molar-refractivity contribution in [3.05, 3.63) is 0 Å². The van der Waals surface area contributed by atoms with E-state index in [1.165, 1.54) is 38.8 Å². The molecule has 2 fully saturated rings. The van der Waals surface area contributed by atoms with E-state index in [4.69, 9.17) is 4.74 Å². The minimum Gasteiger partial charge on any atom is -0.381 e. The lowest BCUT2D eigenvalue weighted by Crippen LogP contribution is -2.49. The number of piperazine rings is 1. The van der Waals surface area contributed by atoms with Gasteiger partial charge in [0.05, 0.1) is 0 Å². The van der Waals surface area contributed by atoms with Gasteiger partial charge < -0.3 is 15.0 Å². The Balaban J connectivity index is 1.67. The second-order valence-corrected chi connectivity index (χ2v) is 4.97. The highest BCUT2D eigenvalue weighted by molar-refractivity contribution is 4.78. The van der Waals surface area contributed by atoms with Gasteiger partial charge in [-0.05, 0) is 38.6 Å². The summed E-state index contributed by atoms with van der Waals surface area (Å²) >= 11 is 0. The minimum atomic E-state index is 0.765. The summed E-state index contributed by atoms with van der Waals surface area (Å²) in [6.07, 6.45) is 5.31. The van der Waals surface area contributed by atoms with E-state index < -0.39 is 0 Å². The van der Waals surface area contributed by atoms with Crippen molar-refractivity contribution in [2.45, 2.75) is 31.7 Å². The Labute approximate surface area is 93.2 Å². The molecule has 1 unspecified atom stereocenters. The van der Waals surface area contributed by atoms with E-state index in [0.29, 0.717) is 0 Å². The molecule has 3 nitrogen and oxygen atoms in total. The van der Waals surface area contributed by atoms with Crippen molar-refractivity contribution in [2.24, 2.45) is 5.92 Å². The summed E-state index contributed by atoms with van der Waals surface area (Å²) < 4.78 is 5.39. The average Bonchev–Trinajstić information content (AvgIpc) is 2.29. The van der Waals surface area contributed by atoms with Crippen LogP contribution < -0.4 is 5.32 Å². The number of ether oxygens (including phenoxy) is 1. The van der Waals surface area contributed by atoms with Crippen LogP contribution in [-0.4, -0.2) is 50.8 Å². The Morgan fingerprint density at radius 3 is 2.80 bits per heavy atom. The molecule has 0 aromatic rings. The molecule has 1 N–H and O–H groups in total. The van der Waals surface area contributed by atoms with Crippen molar-refractivity contribution in [3.63, 3.8) is 0 Å². The van der Waals surface area contributed by atoms with Crippen LogP contribution in [0.2, 0.25) is 0 Å². The van der Waals surface area contributed by atoms with Gasteiger partial charge in [0.25, 0.3) is 0 Å². The van der Waals surface area contributed by atoms with Crippen molar-refractivity contribution >= 4 is 0 Å². The van der Waals surface area contributed by atoms with E-state index in [2.05, 4.69) is 17.3 Å². The fourth-order valence-corrected chi connectivity index (χ4v) is 2.65. The molecule has 0 radical (unpaired) electrons. The van der Waals surface area contributed by atoms with Gasteiger partial charge in [-0.3, -0.25) is 0 Å². The first-order chi connectivity index (χ1) is 7.36. The van der Waals surface area contributed by atoms with E-state index in [1.54, 1.807) is 0 Å². The molecule has 15 heavy (non-hydrogen) atoms. The third-order valence-electron chi connectivity index (χ3n) is 3.89. The molecule has 2 saturated heterocycles. The fourth-order valence-electron chi connectivity index (χ4n) is 2.65. The Morgan fingerprint density at radius 2 is 2.07 bits per heavy atom. The third-order valence-corrected chi connectivity index (χ3v) is 3.89. The van der Waals surface area contributed by atoms with Gasteiger partial charge in [-0.25, -0.2) is 0 Å². The maximum atomic E-state index is 5.39. The molecule has 1 atom stereocenters. The fraction of sp³-hybridized carbons (Fsp3) is 1.00.